The average Bonchev–Trinajstić information content (AvgIpc) is 1.89. The van der Waals surface area contributed by atoms with Crippen LogP contribution in [0.3, 0.4) is 0 Å². The summed E-state index contributed by atoms with van der Waals surface area (Å²) in [6.45, 7) is 6.63. The van der Waals surface area contributed by atoms with E-state index in [1.54, 1.807) is 0 Å². The molecule has 4 heteroatoms. The molecule has 0 atom stereocenters. The topological polar surface area (TPSA) is 38.7 Å². The molecule has 0 radical (unpaired) electrons. The van der Waals surface area contributed by atoms with E-state index in [0.29, 0.717) is 19.4 Å². The van der Waals surface area contributed by atoms with Gasteiger partial charge in [0.1, 0.15) is 0 Å². The fraction of sp³-hybridized carbons (Fsp3) is 1.00. The second kappa shape index (κ2) is 5.03. The molecule has 0 rings (SSSR count). The van der Waals surface area contributed by atoms with Crippen molar-refractivity contribution >= 4 is 7.94 Å². The zero-order valence-electron chi connectivity index (χ0n) is 6.89. The van der Waals surface area contributed by atoms with Crippen LogP contribution in [0.4, 0.5) is 0 Å². The van der Waals surface area contributed by atoms with Gasteiger partial charge in [0.05, 0.1) is 0 Å². The molecule has 0 saturated carbocycles. The molecule has 0 aliphatic carbocycles. The standard InChI is InChI=1S/C6H17O3P/c1-4-8-10(7,6-3)9-5-2/h7,10H,4-6H2,1-3H3. The summed E-state index contributed by atoms with van der Waals surface area (Å²) < 4.78 is 10.2. The van der Waals surface area contributed by atoms with E-state index < -0.39 is 7.94 Å². The van der Waals surface area contributed by atoms with Gasteiger partial charge in [-0.1, -0.05) is 0 Å². The first-order valence-electron chi connectivity index (χ1n) is 3.68. The molecule has 3 nitrogen and oxygen atoms in total. The van der Waals surface area contributed by atoms with Crippen molar-refractivity contribution in [3.8, 4) is 0 Å². The van der Waals surface area contributed by atoms with Crippen LogP contribution in [-0.4, -0.2) is 24.3 Å². The van der Waals surface area contributed by atoms with Gasteiger partial charge >= 0.3 is 62.0 Å². The van der Waals surface area contributed by atoms with Crippen LogP contribution < -0.4 is 0 Å². The van der Waals surface area contributed by atoms with Gasteiger partial charge in [0.2, 0.25) is 0 Å². The molecule has 0 fully saturated rings. The maximum atomic E-state index is 9.51. The SMILES string of the molecule is CCO[PH](O)(CC)OCC. The molecule has 1 N–H and O–H groups in total. The first-order chi connectivity index (χ1) is 4.68. The minimum atomic E-state index is -2.72. The monoisotopic (exact) mass is 168 g/mol. The Morgan fingerprint density at radius 1 is 1.10 bits per heavy atom. The number of hydrogen-bond acceptors (Lipinski definition) is 3. The van der Waals surface area contributed by atoms with Crippen LogP contribution in [0.1, 0.15) is 20.8 Å². The molecule has 0 saturated heterocycles. The third-order valence-corrected chi connectivity index (χ3v) is 3.56. The summed E-state index contributed by atoms with van der Waals surface area (Å²) in [7, 11) is -2.72. The van der Waals surface area contributed by atoms with Gasteiger partial charge in [-0.2, -0.15) is 0 Å². The Morgan fingerprint density at radius 2 is 1.50 bits per heavy atom. The normalized spacial score (nSPS) is 13.6. The molecule has 0 bridgehead atoms. The van der Waals surface area contributed by atoms with Crippen molar-refractivity contribution in [1.29, 1.82) is 0 Å². The zero-order chi connectivity index (χ0) is 8.04. The third-order valence-electron chi connectivity index (χ3n) is 1.19. The summed E-state index contributed by atoms with van der Waals surface area (Å²) >= 11 is 0. The second-order valence-electron chi connectivity index (χ2n) is 1.93. The predicted molar refractivity (Wildman–Crippen MR) is 44.3 cm³/mol. The van der Waals surface area contributed by atoms with Crippen LogP contribution in [0.2, 0.25) is 0 Å². The van der Waals surface area contributed by atoms with E-state index in [2.05, 4.69) is 0 Å². The molecule has 0 amide bonds. The summed E-state index contributed by atoms with van der Waals surface area (Å²) in [5.41, 5.74) is 0. The van der Waals surface area contributed by atoms with Crippen molar-refractivity contribution in [1.82, 2.24) is 0 Å². The molecule has 0 aromatic rings. The summed E-state index contributed by atoms with van der Waals surface area (Å²) in [5, 5.41) is 0. The maximum absolute atomic E-state index is 9.51. The molecule has 0 aliphatic rings. The van der Waals surface area contributed by atoms with Crippen LogP contribution in [0.15, 0.2) is 0 Å². The van der Waals surface area contributed by atoms with Gasteiger partial charge in [-0.15, -0.1) is 0 Å². The summed E-state index contributed by atoms with van der Waals surface area (Å²) in [5.74, 6) is 0. The predicted octanol–water partition coefficient (Wildman–Crippen LogP) is 1.57. The molecule has 10 heavy (non-hydrogen) atoms. The van der Waals surface area contributed by atoms with Crippen LogP contribution >= 0.6 is 7.94 Å². The number of rotatable bonds is 5. The van der Waals surface area contributed by atoms with Crippen molar-refractivity contribution in [2.45, 2.75) is 20.8 Å². The summed E-state index contributed by atoms with van der Waals surface area (Å²) in [6.07, 6.45) is 0.592. The minimum absolute atomic E-state index is 0.524. The van der Waals surface area contributed by atoms with Crippen molar-refractivity contribution < 1.29 is 13.9 Å². The van der Waals surface area contributed by atoms with E-state index in [9.17, 15) is 4.89 Å². The molecule has 0 aromatic carbocycles. The Kier molecular flexibility index (Phi) is 5.18. The Labute approximate surface area is 62.9 Å². The van der Waals surface area contributed by atoms with Gasteiger partial charge in [0.25, 0.3) is 0 Å². The summed E-state index contributed by atoms with van der Waals surface area (Å²) in [4.78, 5) is 9.51. The number of hydrogen-bond donors (Lipinski definition) is 1. The Balaban J connectivity index is 3.69. The van der Waals surface area contributed by atoms with Gasteiger partial charge < -0.3 is 0 Å². The van der Waals surface area contributed by atoms with Gasteiger partial charge in [0, 0.05) is 0 Å². The van der Waals surface area contributed by atoms with E-state index in [1.807, 2.05) is 20.8 Å². The third kappa shape index (κ3) is 3.47. The van der Waals surface area contributed by atoms with Crippen LogP contribution in [-0.2, 0) is 9.05 Å². The van der Waals surface area contributed by atoms with E-state index in [0.717, 1.165) is 0 Å². The fourth-order valence-electron chi connectivity index (χ4n) is 0.697. The summed E-state index contributed by atoms with van der Waals surface area (Å²) in [6, 6.07) is 0. The molecule has 0 unspecified atom stereocenters. The first kappa shape index (κ1) is 10.3. The molecule has 0 aliphatic heterocycles. The fourth-order valence-corrected chi connectivity index (χ4v) is 2.09. The van der Waals surface area contributed by atoms with Gasteiger partial charge in [0.15, 0.2) is 0 Å². The van der Waals surface area contributed by atoms with Gasteiger partial charge in [-0.05, 0) is 0 Å². The molecule has 0 aromatic heterocycles. The first-order valence-corrected chi connectivity index (χ1v) is 5.65. The van der Waals surface area contributed by atoms with Crippen LogP contribution in [0, 0.1) is 0 Å². The average molecular weight is 168 g/mol. The van der Waals surface area contributed by atoms with Crippen LogP contribution in [0.5, 0.6) is 0 Å². The Bertz CT molecular complexity index is 81.1. The van der Waals surface area contributed by atoms with Crippen molar-refractivity contribution in [2.24, 2.45) is 0 Å². The van der Waals surface area contributed by atoms with E-state index in [4.69, 9.17) is 9.05 Å². The van der Waals surface area contributed by atoms with Crippen molar-refractivity contribution in [3.05, 3.63) is 0 Å². The molecular weight excluding hydrogens is 151 g/mol. The molecular formula is C6H17O3P. The Hall–Kier alpha value is 0.310. The zero-order valence-corrected chi connectivity index (χ0v) is 7.89. The molecule has 64 valence electrons. The van der Waals surface area contributed by atoms with E-state index in [1.165, 1.54) is 0 Å². The second-order valence-corrected chi connectivity index (χ2v) is 4.64. The van der Waals surface area contributed by atoms with E-state index >= 15 is 0 Å². The van der Waals surface area contributed by atoms with Crippen molar-refractivity contribution in [2.75, 3.05) is 19.4 Å². The van der Waals surface area contributed by atoms with Gasteiger partial charge in [-0.25, -0.2) is 0 Å². The molecule has 0 spiro atoms. The van der Waals surface area contributed by atoms with Gasteiger partial charge in [-0.3, -0.25) is 0 Å². The Morgan fingerprint density at radius 3 is 1.70 bits per heavy atom. The molecule has 0 heterocycles. The van der Waals surface area contributed by atoms with Crippen molar-refractivity contribution in [3.63, 3.8) is 0 Å². The quantitative estimate of drug-likeness (QED) is 0.633. The van der Waals surface area contributed by atoms with Crippen LogP contribution in [0.25, 0.3) is 0 Å². The van der Waals surface area contributed by atoms with E-state index in [-0.39, 0.29) is 0 Å².